The Morgan fingerprint density at radius 3 is 3.08 bits per heavy atom. The third-order valence-electron chi connectivity index (χ3n) is 2.11. The van der Waals surface area contributed by atoms with E-state index >= 15 is 0 Å². The Kier molecular flexibility index (Phi) is 1.53. The van der Waals surface area contributed by atoms with Gasteiger partial charge in [-0.2, -0.15) is 0 Å². The van der Waals surface area contributed by atoms with Crippen molar-refractivity contribution in [1.29, 1.82) is 0 Å². The molecule has 0 aromatic heterocycles. The number of hydrogen-bond donors (Lipinski definition) is 3. The monoisotopic (exact) mass is 166 g/mol. The molecular weight excluding hydrogens is 156 g/mol. The Labute approximate surface area is 70.0 Å². The summed E-state index contributed by atoms with van der Waals surface area (Å²) in [6.45, 7) is 0.648. The molecule has 0 fully saturated rings. The smallest absolute Gasteiger partial charge is 0.337 e. The van der Waals surface area contributed by atoms with Gasteiger partial charge in [-0.15, -0.1) is 0 Å². The van der Waals surface area contributed by atoms with Crippen LogP contribution in [0.1, 0.15) is 12.8 Å². The van der Waals surface area contributed by atoms with Crippen molar-refractivity contribution in [3.8, 4) is 0 Å². The van der Waals surface area contributed by atoms with E-state index in [9.17, 15) is 4.79 Å². The SMILES string of the molecule is O=C(O)C1=CCCC2=C1NCN2. The predicted molar refractivity (Wildman–Crippen MR) is 43.1 cm³/mol. The van der Waals surface area contributed by atoms with Crippen LogP contribution in [0.2, 0.25) is 0 Å². The number of hydrogen-bond acceptors (Lipinski definition) is 3. The summed E-state index contributed by atoms with van der Waals surface area (Å²) >= 11 is 0. The highest BCUT2D eigenvalue weighted by molar-refractivity contribution is 5.92. The predicted octanol–water partition coefficient (Wildman–Crippen LogP) is 0.153. The fraction of sp³-hybridized carbons (Fsp3) is 0.375. The van der Waals surface area contributed by atoms with Gasteiger partial charge in [0.1, 0.15) is 0 Å². The van der Waals surface area contributed by atoms with E-state index < -0.39 is 5.97 Å². The van der Waals surface area contributed by atoms with Gasteiger partial charge in [-0.05, 0) is 12.8 Å². The summed E-state index contributed by atoms with van der Waals surface area (Å²) < 4.78 is 0. The number of nitrogens with one attached hydrogen (secondary N) is 2. The van der Waals surface area contributed by atoms with Crippen LogP contribution < -0.4 is 10.6 Å². The van der Waals surface area contributed by atoms with Crippen molar-refractivity contribution in [1.82, 2.24) is 10.6 Å². The van der Waals surface area contributed by atoms with Gasteiger partial charge in [0.15, 0.2) is 0 Å². The molecule has 0 atom stereocenters. The average molecular weight is 166 g/mol. The molecule has 1 heterocycles. The summed E-state index contributed by atoms with van der Waals surface area (Å²) in [5.41, 5.74) is 2.21. The lowest BCUT2D eigenvalue weighted by atomic mass is 10.0. The number of allylic oxidation sites excluding steroid dienone is 2. The van der Waals surface area contributed by atoms with E-state index in [0.717, 1.165) is 24.2 Å². The highest BCUT2D eigenvalue weighted by Gasteiger charge is 2.23. The van der Waals surface area contributed by atoms with E-state index in [1.54, 1.807) is 6.08 Å². The van der Waals surface area contributed by atoms with Crippen LogP contribution >= 0.6 is 0 Å². The van der Waals surface area contributed by atoms with Crippen LogP contribution in [0, 0.1) is 0 Å². The lowest BCUT2D eigenvalue weighted by molar-refractivity contribution is -0.132. The summed E-state index contributed by atoms with van der Waals surface area (Å²) in [5.74, 6) is -0.849. The normalized spacial score (nSPS) is 20.8. The van der Waals surface area contributed by atoms with Gasteiger partial charge < -0.3 is 15.7 Å². The molecule has 12 heavy (non-hydrogen) atoms. The minimum absolute atomic E-state index is 0.404. The number of carboxylic acid groups (broad SMARTS) is 1. The van der Waals surface area contributed by atoms with Crippen molar-refractivity contribution >= 4 is 5.97 Å². The van der Waals surface area contributed by atoms with E-state index in [0.29, 0.717) is 12.2 Å². The molecule has 3 N–H and O–H groups in total. The molecule has 0 saturated heterocycles. The molecular formula is C8H10N2O2. The average Bonchev–Trinajstić information content (AvgIpc) is 2.49. The first kappa shape index (κ1) is 7.21. The molecule has 0 unspecified atom stereocenters. The van der Waals surface area contributed by atoms with Gasteiger partial charge in [0, 0.05) is 5.70 Å². The lowest BCUT2D eigenvalue weighted by Crippen LogP contribution is -2.17. The summed E-state index contributed by atoms with van der Waals surface area (Å²) in [4.78, 5) is 10.7. The Bertz CT molecular complexity index is 291. The molecule has 0 bridgehead atoms. The highest BCUT2D eigenvalue weighted by Crippen LogP contribution is 2.23. The van der Waals surface area contributed by atoms with Crippen LogP contribution in [0.15, 0.2) is 23.0 Å². The van der Waals surface area contributed by atoms with E-state index in [2.05, 4.69) is 10.6 Å². The molecule has 64 valence electrons. The molecule has 0 saturated carbocycles. The molecule has 0 amide bonds. The second kappa shape index (κ2) is 2.55. The maximum atomic E-state index is 10.7. The molecule has 0 aromatic rings. The van der Waals surface area contributed by atoms with Gasteiger partial charge >= 0.3 is 5.97 Å². The highest BCUT2D eigenvalue weighted by atomic mass is 16.4. The second-order valence-electron chi connectivity index (χ2n) is 2.85. The van der Waals surface area contributed by atoms with E-state index in [-0.39, 0.29) is 0 Å². The first-order valence-corrected chi connectivity index (χ1v) is 3.94. The van der Waals surface area contributed by atoms with Crippen molar-refractivity contribution in [2.45, 2.75) is 12.8 Å². The van der Waals surface area contributed by atoms with Crippen LogP contribution in [-0.2, 0) is 4.79 Å². The number of carboxylic acids is 1. The largest absolute Gasteiger partial charge is 0.478 e. The maximum Gasteiger partial charge on any atom is 0.337 e. The zero-order valence-corrected chi connectivity index (χ0v) is 6.55. The van der Waals surface area contributed by atoms with E-state index in [1.165, 1.54) is 0 Å². The Morgan fingerprint density at radius 1 is 1.50 bits per heavy atom. The standard InChI is InChI=1S/C8H10N2O2/c11-8(12)5-2-1-3-6-7(5)10-4-9-6/h2,9-10H,1,3-4H2,(H,11,12). The molecule has 0 spiro atoms. The van der Waals surface area contributed by atoms with Crippen molar-refractivity contribution in [3.05, 3.63) is 23.0 Å². The van der Waals surface area contributed by atoms with Gasteiger partial charge in [-0.3, -0.25) is 0 Å². The summed E-state index contributed by atoms with van der Waals surface area (Å²) in [6, 6.07) is 0. The lowest BCUT2D eigenvalue weighted by Gasteiger charge is -2.11. The second-order valence-corrected chi connectivity index (χ2v) is 2.85. The van der Waals surface area contributed by atoms with Crippen LogP contribution in [0.4, 0.5) is 0 Å². The van der Waals surface area contributed by atoms with E-state index in [4.69, 9.17) is 5.11 Å². The van der Waals surface area contributed by atoms with Crippen molar-refractivity contribution in [2.24, 2.45) is 0 Å². The van der Waals surface area contributed by atoms with Crippen LogP contribution in [0.25, 0.3) is 0 Å². The minimum Gasteiger partial charge on any atom is -0.478 e. The number of rotatable bonds is 1. The molecule has 2 rings (SSSR count). The van der Waals surface area contributed by atoms with Crippen molar-refractivity contribution in [3.63, 3.8) is 0 Å². The Morgan fingerprint density at radius 2 is 2.33 bits per heavy atom. The van der Waals surface area contributed by atoms with Gasteiger partial charge in [-0.1, -0.05) is 6.08 Å². The summed E-state index contributed by atoms with van der Waals surface area (Å²) in [5, 5.41) is 14.9. The Hall–Kier alpha value is -1.45. The van der Waals surface area contributed by atoms with Gasteiger partial charge in [0.25, 0.3) is 0 Å². The van der Waals surface area contributed by atoms with Crippen molar-refractivity contribution < 1.29 is 9.90 Å². The minimum atomic E-state index is -0.849. The molecule has 1 aliphatic carbocycles. The first-order valence-electron chi connectivity index (χ1n) is 3.94. The number of carbonyl (C=O) groups is 1. The van der Waals surface area contributed by atoms with Crippen molar-refractivity contribution in [2.75, 3.05) is 6.67 Å². The third kappa shape index (κ3) is 0.958. The Balaban J connectivity index is 2.34. The van der Waals surface area contributed by atoms with Gasteiger partial charge in [0.2, 0.25) is 0 Å². The zero-order chi connectivity index (χ0) is 8.55. The first-order chi connectivity index (χ1) is 5.79. The summed E-state index contributed by atoms with van der Waals surface area (Å²) in [7, 11) is 0. The molecule has 2 aliphatic rings. The van der Waals surface area contributed by atoms with Crippen LogP contribution in [0.5, 0.6) is 0 Å². The van der Waals surface area contributed by atoms with Crippen LogP contribution in [0.3, 0.4) is 0 Å². The van der Waals surface area contributed by atoms with E-state index in [1.807, 2.05) is 0 Å². The third-order valence-corrected chi connectivity index (χ3v) is 2.11. The topological polar surface area (TPSA) is 61.4 Å². The molecule has 1 aliphatic heterocycles. The molecule has 0 radical (unpaired) electrons. The molecule has 4 nitrogen and oxygen atoms in total. The summed E-state index contributed by atoms with van der Waals surface area (Å²) in [6.07, 6.45) is 3.50. The van der Waals surface area contributed by atoms with Gasteiger partial charge in [0.05, 0.1) is 17.9 Å². The zero-order valence-electron chi connectivity index (χ0n) is 6.55. The number of aliphatic carboxylic acids is 1. The maximum absolute atomic E-state index is 10.7. The van der Waals surface area contributed by atoms with Crippen LogP contribution in [-0.4, -0.2) is 17.7 Å². The molecule has 0 aromatic carbocycles. The molecule has 4 heteroatoms. The quantitative estimate of drug-likeness (QED) is 0.519. The van der Waals surface area contributed by atoms with Gasteiger partial charge in [-0.25, -0.2) is 4.79 Å². The fourth-order valence-electron chi connectivity index (χ4n) is 1.56. The fourth-order valence-corrected chi connectivity index (χ4v) is 1.56.